The van der Waals surface area contributed by atoms with Gasteiger partial charge in [-0.2, -0.15) is 13.2 Å². The average molecular weight is 331 g/mol. The van der Waals surface area contributed by atoms with Gasteiger partial charge in [0.2, 0.25) is 0 Å². The van der Waals surface area contributed by atoms with Crippen LogP contribution in [0.4, 0.5) is 13.2 Å². The van der Waals surface area contributed by atoms with Crippen LogP contribution in [0.3, 0.4) is 0 Å². The predicted molar refractivity (Wildman–Crippen MR) is 79.2 cm³/mol. The predicted octanol–water partition coefficient (Wildman–Crippen LogP) is 3.41. The molecule has 1 aromatic rings. The van der Waals surface area contributed by atoms with Gasteiger partial charge in [-0.15, -0.1) is 0 Å². The Morgan fingerprint density at radius 2 is 1.65 bits per heavy atom. The van der Waals surface area contributed by atoms with Gasteiger partial charge in [0.1, 0.15) is 0 Å². The van der Waals surface area contributed by atoms with Crippen molar-refractivity contribution in [2.75, 3.05) is 6.54 Å². The summed E-state index contributed by atoms with van der Waals surface area (Å²) in [5, 5.41) is 11.6. The van der Waals surface area contributed by atoms with Gasteiger partial charge in [-0.3, -0.25) is 9.59 Å². The lowest BCUT2D eigenvalue weighted by Crippen LogP contribution is -2.31. The number of aryl methyl sites for hydroxylation is 1. The first-order valence-electron chi connectivity index (χ1n) is 7.18. The minimum atomic E-state index is -4.20. The van der Waals surface area contributed by atoms with Crippen LogP contribution < -0.4 is 5.32 Å². The molecule has 0 unspecified atom stereocenters. The number of carbonyl (C=O) groups excluding carboxylic acids is 1. The number of rotatable bonds is 7. The Bertz CT molecular complexity index is 551. The van der Waals surface area contributed by atoms with Crippen LogP contribution in [0.5, 0.6) is 0 Å². The minimum absolute atomic E-state index is 0.127. The molecular weight excluding hydrogens is 311 g/mol. The average Bonchev–Trinajstić information content (AvgIpc) is 2.44. The maximum atomic E-state index is 12.1. The van der Waals surface area contributed by atoms with Crippen LogP contribution in [-0.4, -0.2) is 29.7 Å². The molecule has 7 heteroatoms. The summed E-state index contributed by atoms with van der Waals surface area (Å²) in [6.45, 7) is 3.34. The van der Waals surface area contributed by atoms with Crippen LogP contribution in [0, 0.1) is 5.41 Å². The topological polar surface area (TPSA) is 66.4 Å². The number of carboxylic acid groups (broad SMARTS) is 1. The van der Waals surface area contributed by atoms with Crippen molar-refractivity contribution in [1.29, 1.82) is 0 Å². The van der Waals surface area contributed by atoms with Crippen molar-refractivity contribution in [2.45, 2.75) is 39.3 Å². The fourth-order valence-corrected chi connectivity index (χ4v) is 1.81. The van der Waals surface area contributed by atoms with Crippen molar-refractivity contribution in [3.63, 3.8) is 0 Å². The summed E-state index contributed by atoms with van der Waals surface area (Å²) in [5.41, 5.74) is -0.103. The van der Waals surface area contributed by atoms with Crippen LogP contribution in [0.2, 0.25) is 0 Å². The van der Waals surface area contributed by atoms with E-state index in [1.165, 1.54) is 24.3 Å². The molecule has 1 rings (SSSR count). The van der Waals surface area contributed by atoms with E-state index in [0.717, 1.165) is 0 Å². The van der Waals surface area contributed by atoms with Gasteiger partial charge < -0.3 is 10.4 Å². The number of halogens is 3. The number of aliphatic carboxylic acids is 1. The zero-order chi connectivity index (χ0) is 17.7. The van der Waals surface area contributed by atoms with Crippen molar-refractivity contribution < 1.29 is 27.9 Å². The van der Waals surface area contributed by atoms with Crippen LogP contribution in [0.25, 0.3) is 0 Å². The highest BCUT2D eigenvalue weighted by molar-refractivity contribution is 5.94. The second-order valence-corrected chi connectivity index (χ2v) is 6.01. The molecule has 0 atom stereocenters. The first-order valence-corrected chi connectivity index (χ1v) is 7.18. The minimum Gasteiger partial charge on any atom is -0.481 e. The van der Waals surface area contributed by atoms with Crippen LogP contribution >= 0.6 is 0 Å². The Labute approximate surface area is 132 Å². The number of alkyl halides is 3. The highest BCUT2D eigenvalue weighted by atomic mass is 19.4. The Kier molecular flexibility index (Phi) is 6.18. The SMILES string of the molecule is CC(C)(CCNC(=O)c1ccc(CCC(F)(F)F)cc1)C(=O)O. The quantitative estimate of drug-likeness (QED) is 0.804. The molecule has 0 aliphatic carbocycles. The van der Waals surface area contributed by atoms with Gasteiger partial charge in [0.15, 0.2) is 0 Å². The molecule has 0 heterocycles. The molecule has 0 aromatic heterocycles. The number of hydrogen-bond donors (Lipinski definition) is 2. The number of carboxylic acids is 1. The van der Waals surface area contributed by atoms with Crippen LogP contribution in [0.15, 0.2) is 24.3 Å². The standard InChI is InChI=1S/C16H20F3NO3/c1-15(2,14(22)23)9-10-20-13(21)12-5-3-11(4-6-12)7-8-16(17,18)19/h3-6H,7-10H2,1-2H3,(H,20,21)(H,22,23). The summed E-state index contributed by atoms with van der Waals surface area (Å²) in [4.78, 5) is 22.8. The normalized spacial score (nSPS) is 12.0. The second-order valence-electron chi connectivity index (χ2n) is 6.01. The number of nitrogens with one attached hydrogen (secondary N) is 1. The summed E-state index contributed by atoms with van der Waals surface area (Å²) in [5.74, 6) is -1.32. The highest BCUT2D eigenvalue weighted by Crippen LogP contribution is 2.22. The van der Waals surface area contributed by atoms with Gasteiger partial charge in [0.05, 0.1) is 5.41 Å². The maximum Gasteiger partial charge on any atom is 0.389 e. The van der Waals surface area contributed by atoms with E-state index in [-0.39, 0.29) is 25.3 Å². The number of carbonyl (C=O) groups is 2. The lowest BCUT2D eigenvalue weighted by atomic mass is 9.90. The largest absolute Gasteiger partial charge is 0.481 e. The third-order valence-electron chi connectivity index (χ3n) is 3.53. The number of hydrogen-bond acceptors (Lipinski definition) is 2. The van der Waals surface area contributed by atoms with Gasteiger partial charge in [0, 0.05) is 18.5 Å². The van der Waals surface area contributed by atoms with E-state index in [1.54, 1.807) is 13.8 Å². The lowest BCUT2D eigenvalue weighted by Gasteiger charge is -2.18. The van der Waals surface area contributed by atoms with Crippen molar-refractivity contribution in [1.82, 2.24) is 5.32 Å². The Morgan fingerprint density at radius 1 is 1.09 bits per heavy atom. The molecular formula is C16H20F3NO3. The Balaban J connectivity index is 2.50. The van der Waals surface area contributed by atoms with Crippen LogP contribution in [0.1, 0.15) is 42.6 Å². The summed E-state index contributed by atoms with van der Waals surface area (Å²) in [6, 6.07) is 5.90. The Hall–Kier alpha value is -2.05. The molecule has 0 saturated heterocycles. The van der Waals surface area contributed by atoms with Crippen LogP contribution in [-0.2, 0) is 11.2 Å². The van der Waals surface area contributed by atoms with Gasteiger partial charge in [-0.1, -0.05) is 12.1 Å². The van der Waals surface area contributed by atoms with E-state index >= 15 is 0 Å². The third kappa shape index (κ3) is 6.71. The molecule has 0 saturated carbocycles. The van der Waals surface area contributed by atoms with Gasteiger partial charge in [-0.05, 0) is 44.4 Å². The monoisotopic (exact) mass is 331 g/mol. The highest BCUT2D eigenvalue weighted by Gasteiger charge is 2.27. The van der Waals surface area contributed by atoms with Gasteiger partial charge in [0.25, 0.3) is 5.91 Å². The van der Waals surface area contributed by atoms with Crippen molar-refractivity contribution in [3.8, 4) is 0 Å². The molecule has 0 bridgehead atoms. The number of benzene rings is 1. The van der Waals surface area contributed by atoms with E-state index in [4.69, 9.17) is 5.11 Å². The molecule has 2 N–H and O–H groups in total. The molecule has 0 aliphatic rings. The summed E-state index contributed by atoms with van der Waals surface area (Å²) < 4.78 is 36.4. The van der Waals surface area contributed by atoms with Gasteiger partial charge >= 0.3 is 12.1 Å². The third-order valence-corrected chi connectivity index (χ3v) is 3.53. The zero-order valence-electron chi connectivity index (χ0n) is 13.0. The summed E-state index contributed by atoms with van der Waals surface area (Å²) in [7, 11) is 0. The van der Waals surface area contributed by atoms with Crippen molar-refractivity contribution >= 4 is 11.9 Å². The van der Waals surface area contributed by atoms with Crippen molar-refractivity contribution in [3.05, 3.63) is 35.4 Å². The fraction of sp³-hybridized carbons (Fsp3) is 0.500. The first-order chi connectivity index (χ1) is 10.5. The van der Waals surface area contributed by atoms with E-state index in [1.807, 2.05) is 0 Å². The van der Waals surface area contributed by atoms with E-state index < -0.39 is 24.0 Å². The molecule has 128 valence electrons. The zero-order valence-corrected chi connectivity index (χ0v) is 13.0. The molecule has 0 radical (unpaired) electrons. The molecule has 0 aliphatic heterocycles. The van der Waals surface area contributed by atoms with E-state index in [2.05, 4.69) is 5.32 Å². The lowest BCUT2D eigenvalue weighted by molar-refractivity contribution is -0.147. The molecule has 0 spiro atoms. The smallest absolute Gasteiger partial charge is 0.389 e. The molecule has 23 heavy (non-hydrogen) atoms. The first kappa shape index (κ1) is 19.0. The van der Waals surface area contributed by atoms with Gasteiger partial charge in [-0.25, -0.2) is 0 Å². The molecule has 0 fully saturated rings. The Morgan fingerprint density at radius 3 is 2.13 bits per heavy atom. The molecule has 4 nitrogen and oxygen atoms in total. The van der Waals surface area contributed by atoms with E-state index in [0.29, 0.717) is 11.1 Å². The maximum absolute atomic E-state index is 12.1. The second kappa shape index (κ2) is 7.48. The fourth-order valence-electron chi connectivity index (χ4n) is 1.81. The van der Waals surface area contributed by atoms with Crippen molar-refractivity contribution in [2.24, 2.45) is 5.41 Å². The summed E-state index contributed by atoms with van der Waals surface area (Å²) in [6.07, 6.45) is -4.95. The summed E-state index contributed by atoms with van der Waals surface area (Å²) >= 11 is 0. The number of amides is 1. The molecule has 1 aromatic carbocycles. The molecule has 1 amide bonds. The van der Waals surface area contributed by atoms with E-state index in [9.17, 15) is 22.8 Å².